The number of anilines is 1. The Morgan fingerprint density at radius 3 is 2.43 bits per heavy atom. The predicted octanol–water partition coefficient (Wildman–Crippen LogP) is 3.39. The van der Waals surface area contributed by atoms with E-state index in [9.17, 15) is 4.79 Å². The van der Waals surface area contributed by atoms with E-state index in [0.29, 0.717) is 0 Å². The average molecular weight is 306 g/mol. The molecule has 0 spiro atoms. The molecule has 0 saturated heterocycles. The van der Waals surface area contributed by atoms with Gasteiger partial charge in [0.15, 0.2) is 0 Å². The van der Waals surface area contributed by atoms with Gasteiger partial charge >= 0.3 is 0 Å². The van der Waals surface area contributed by atoms with E-state index in [1.54, 1.807) is 11.0 Å². The zero-order valence-corrected chi connectivity index (χ0v) is 13.2. The molecule has 5 nitrogen and oxygen atoms in total. The number of carbonyl (C=O) groups excluding carboxylic acids is 1. The van der Waals surface area contributed by atoms with Crippen molar-refractivity contribution in [2.45, 2.75) is 20.3 Å². The minimum atomic E-state index is -0.319. The van der Waals surface area contributed by atoms with E-state index < -0.39 is 0 Å². The molecule has 3 aromatic rings. The summed E-state index contributed by atoms with van der Waals surface area (Å²) in [6.45, 7) is 4.11. The molecule has 1 amide bonds. The van der Waals surface area contributed by atoms with Crippen LogP contribution in [0.4, 0.5) is 5.69 Å². The van der Waals surface area contributed by atoms with Crippen molar-refractivity contribution in [1.82, 2.24) is 14.8 Å². The van der Waals surface area contributed by atoms with Crippen molar-refractivity contribution in [3.63, 3.8) is 0 Å². The van der Waals surface area contributed by atoms with Crippen molar-refractivity contribution in [2.75, 3.05) is 5.32 Å². The van der Waals surface area contributed by atoms with Gasteiger partial charge in [-0.25, -0.2) is 9.67 Å². The molecule has 5 heteroatoms. The fourth-order valence-corrected chi connectivity index (χ4v) is 2.20. The van der Waals surface area contributed by atoms with Crippen molar-refractivity contribution in [3.8, 4) is 5.69 Å². The van der Waals surface area contributed by atoms with Gasteiger partial charge < -0.3 is 5.32 Å². The number of aromatic nitrogens is 3. The first-order valence-corrected chi connectivity index (χ1v) is 7.54. The molecule has 0 saturated carbocycles. The van der Waals surface area contributed by atoms with Gasteiger partial charge in [-0.1, -0.05) is 36.8 Å². The van der Waals surface area contributed by atoms with Crippen LogP contribution in [0, 0.1) is 6.92 Å². The van der Waals surface area contributed by atoms with Gasteiger partial charge in [-0.3, -0.25) is 4.79 Å². The Bertz CT molecular complexity index is 804. The number of aryl methyl sites for hydroxylation is 2. The molecule has 23 heavy (non-hydrogen) atoms. The second-order valence-electron chi connectivity index (χ2n) is 5.35. The standard InChI is InChI=1S/C18H18N4O/c1-3-14-6-8-15(9-7-14)20-18(23)17-19-12-22(21-17)16-10-4-13(2)5-11-16/h4-12H,3H2,1-2H3,(H,20,23). The third-order valence-electron chi connectivity index (χ3n) is 3.61. The maximum atomic E-state index is 12.2. The number of nitrogens with one attached hydrogen (secondary N) is 1. The van der Waals surface area contributed by atoms with E-state index in [4.69, 9.17) is 0 Å². The largest absolute Gasteiger partial charge is 0.319 e. The van der Waals surface area contributed by atoms with E-state index >= 15 is 0 Å². The Morgan fingerprint density at radius 1 is 1.09 bits per heavy atom. The van der Waals surface area contributed by atoms with Gasteiger partial charge in [0.2, 0.25) is 5.82 Å². The normalized spacial score (nSPS) is 10.5. The molecule has 0 aliphatic carbocycles. The predicted molar refractivity (Wildman–Crippen MR) is 89.9 cm³/mol. The maximum absolute atomic E-state index is 12.2. The third kappa shape index (κ3) is 3.45. The van der Waals surface area contributed by atoms with Gasteiger partial charge in [0.1, 0.15) is 6.33 Å². The van der Waals surface area contributed by atoms with Crippen molar-refractivity contribution >= 4 is 11.6 Å². The summed E-state index contributed by atoms with van der Waals surface area (Å²) < 4.78 is 1.59. The van der Waals surface area contributed by atoms with Gasteiger partial charge in [-0.05, 0) is 43.2 Å². The molecule has 0 fully saturated rings. The number of carbonyl (C=O) groups is 1. The van der Waals surface area contributed by atoms with Crippen molar-refractivity contribution in [1.29, 1.82) is 0 Å². The van der Waals surface area contributed by atoms with Crippen LogP contribution in [0.1, 0.15) is 28.7 Å². The highest BCUT2D eigenvalue weighted by atomic mass is 16.2. The van der Waals surface area contributed by atoms with Crippen LogP contribution >= 0.6 is 0 Å². The van der Waals surface area contributed by atoms with Crippen molar-refractivity contribution in [2.24, 2.45) is 0 Å². The lowest BCUT2D eigenvalue weighted by Gasteiger charge is -2.03. The van der Waals surface area contributed by atoms with E-state index in [-0.39, 0.29) is 11.7 Å². The average Bonchev–Trinajstić information content (AvgIpc) is 3.06. The van der Waals surface area contributed by atoms with Crippen molar-refractivity contribution in [3.05, 3.63) is 71.8 Å². The third-order valence-corrected chi connectivity index (χ3v) is 3.61. The SMILES string of the molecule is CCc1ccc(NC(=O)c2ncn(-c3ccc(C)cc3)n2)cc1. The zero-order valence-electron chi connectivity index (χ0n) is 13.2. The van der Waals surface area contributed by atoms with Crippen molar-refractivity contribution < 1.29 is 4.79 Å². The monoisotopic (exact) mass is 306 g/mol. The molecule has 116 valence electrons. The van der Waals surface area contributed by atoms with Gasteiger partial charge in [-0.15, -0.1) is 5.10 Å². The Hall–Kier alpha value is -2.95. The van der Waals surface area contributed by atoms with E-state index in [2.05, 4.69) is 22.3 Å². The fourth-order valence-electron chi connectivity index (χ4n) is 2.20. The van der Waals surface area contributed by atoms with Gasteiger partial charge in [0, 0.05) is 5.69 Å². The molecule has 0 aliphatic heterocycles. The minimum absolute atomic E-state index is 0.144. The maximum Gasteiger partial charge on any atom is 0.295 e. The highest BCUT2D eigenvalue weighted by Gasteiger charge is 2.12. The quantitative estimate of drug-likeness (QED) is 0.803. The molecular formula is C18H18N4O. The zero-order chi connectivity index (χ0) is 16.2. The van der Waals surface area contributed by atoms with Gasteiger partial charge in [0.05, 0.1) is 5.69 Å². The number of benzene rings is 2. The number of nitrogens with zero attached hydrogens (tertiary/aromatic N) is 3. The van der Waals surface area contributed by atoms with Crippen LogP contribution < -0.4 is 5.32 Å². The van der Waals surface area contributed by atoms with E-state index in [1.807, 2.05) is 55.5 Å². The highest BCUT2D eigenvalue weighted by molar-refractivity contribution is 6.01. The molecule has 0 aliphatic rings. The van der Waals surface area contributed by atoms with Gasteiger partial charge in [-0.2, -0.15) is 0 Å². The molecule has 0 atom stereocenters. The summed E-state index contributed by atoms with van der Waals surface area (Å²) in [4.78, 5) is 16.3. The summed E-state index contributed by atoms with van der Waals surface area (Å²) in [6, 6.07) is 15.6. The molecule has 0 radical (unpaired) electrons. The van der Waals surface area contributed by atoms with Gasteiger partial charge in [0.25, 0.3) is 5.91 Å². The second kappa shape index (κ2) is 6.44. The lowest BCUT2D eigenvalue weighted by Crippen LogP contribution is -2.14. The molecule has 1 aromatic heterocycles. The first-order chi connectivity index (χ1) is 11.2. The number of rotatable bonds is 4. The van der Waals surface area contributed by atoms with Crippen LogP contribution in [0.25, 0.3) is 5.69 Å². The first kappa shape index (κ1) is 15.0. The fraction of sp³-hybridized carbons (Fsp3) is 0.167. The summed E-state index contributed by atoms with van der Waals surface area (Å²) in [5.74, 6) is -0.176. The summed E-state index contributed by atoms with van der Waals surface area (Å²) in [6.07, 6.45) is 2.51. The summed E-state index contributed by atoms with van der Waals surface area (Å²) >= 11 is 0. The lowest BCUT2D eigenvalue weighted by molar-refractivity contribution is 0.101. The van der Waals surface area contributed by atoms with Crippen LogP contribution in [-0.2, 0) is 6.42 Å². The Labute approximate surface area is 135 Å². The topological polar surface area (TPSA) is 59.8 Å². The number of hydrogen-bond donors (Lipinski definition) is 1. The molecule has 2 aromatic carbocycles. The van der Waals surface area contributed by atoms with Crippen LogP contribution in [0.2, 0.25) is 0 Å². The molecule has 1 heterocycles. The molecule has 3 rings (SSSR count). The number of hydrogen-bond acceptors (Lipinski definition) is 3. The summed E-state index contributed by atoms with van der Waals surface area (Å²) in [7, 11) is 0. The van der Waals surface area contributed by atoms with E-state index in [0.717, 1.165) is 17.8 Å². The summed E-state index contributed by atoms with van der Waals surface area (Å²) in [5.41, 5.74) is 4.00. The highest BCUT2D eigenvalue weighted by Crippen LogP contribution is 2.12. The van der Waals surface area contributed by atoms with Crippen LogP contribution in [0.3, 0.4) is 0 Å². The molecule has 1 N–H and O–H groups in total. The Balaban J connectivity index is 1.74. The Morgan fingerprint density at radius 2 is 1.78 bits per heavy atom. The molecular weight excluding hydrogens is 288 g/mol. The molecule has 0 bridgehead atoms. The van der Waals surface area contributed by atoms with E-state index in [1.165, 1.54) is 11.1 Å². The first-order valence-electron chi connectivity index (χ1n) is 7.54. The minimum Gasteiger partial charge on any atom is -0.319 e. The smallest absolute Gasteiger partial charge is 0.295 e. The second-order valence-corrected chi connectivity index (χ2v) is 5.35. The Kier molecular flexibility index (Phi) is 4.19. The van der Waals surface area contributed by atoms with Crippen LogP contribution in [-0.4, -0.2) is 20.7 Å². The summed E-state index contributed by atoms with van der Waals surface area (Å²) in [5, 5.41) is 7.04. The lowest BCUT2D eigenvalue weighted by atomic mass is 10.1. The molecule has 0 unspecified atom stereocenters. The van der Waals surface area contributed by atoms with Crippen LogP contribution in [0.15, 0.2) is 54.9 Å². The number of amides is 1. The van der Waals surface area contributed by atoms with Crippen LogP contribution in [0.5, 0.6) is 0 Å².